The van der Waals surface area contributed by atoms with E-state index in [0.717, 1.165) is 0 Å². The van der Waals surface area contributed by atoms with E-state index in [4.69, 9.17) is 0 Å². The fraction of sp³-hybridized carbons (Fsp3) is 0.875. The minimum atomic E-state index is -1.49. The first-order valence-electron chi connectivity index (χ1n) is 20.5. The molecule has 10 heteroatoms. The Kier molecular flexibility index (Phi) is 20.9. The second kappa shape index (κ2) is 19.3. The third-order valence-corrected chi connectivity index (χ3v) is 11.0. The third-order valence-electron chi connectivity index (χ3n) is 11.0. The van der Waals surface area contributed by atoms with Gasteiger partial charge in [-0.05, 0) is 48.7 Å². The molecule has 0 spiro atoms. The molecule has 0 radical (unpaired) electrons. The number of carboxylic acids is 3. The number of hydrogen-bond acceptors (Lipinski definition) is 9. The molecule has 9 nitrogen and oxygen atoms in total. The number of hydrogen-bond donors (Lipinski definition) is 0. The van der Waals surface area contributed by atoms with Crippen molar-refractivity contribution < 1.29 is 44.1 Å². The maximum atomic E-state index is 12.8. The van der Waals surface area contributed by atoms with Gasteiger partial charge in [0.1, 0.15) is 17.3 Å². The second-order valence-electron chi connectivity index (χ2n) is 26.1. The van der Waals surface area contributed by atoms with Crippen LogP contribution in [-0.2, 0) is 28.8 Å². The van der Waals surface area contributed by atoms with Crippen LogP contribution >= 0.6 is 0 Å². The zero-order valence-electron chi connectivity index (χ0n) is 42.4. The molecule has 0 heterocycles. The van der Waals surface area contributed by atoms with Crippen molar-refractivity contribution in [3.8, 4) is 0 Å². The van der Waals surface area contributed by atoms with E-state index in [0.29, 0.717) is 0 Å². The van der Waals surface area contributed by atoms with Crippen molar-refractivity contribution in [2.75, 3.05) is 0 Å². The number of ketones is 3. The summed E-state index contributed by atoms with van der Waals surface area (Å²) in [5.41, 5.74) is -9.42. The van der Waals surface area contributed by atoms with Crippen LogP contribution in [-0.4, -0.2) is 52.6 Å². The van der Waals surface area contributed by atoms with E-state index >= 15 is 0 Å². The quantitative estimate of drug-likeness (QED) is 0.165. The van der Waals surface area contributed by atoms with Gasteiger partial charge in [-0.25, -0.2) is 0 Å². The van der Waals surface area contributed by atoms with Crippen molar-refractivity contribution in [2.45, 2.75) is 206 Å². The number of aliphatic carboxylic acids is 3. The molecule has 0 unspecified atom stereocenters. The molecular formula is C48H87AlO9. The molecule has 0 saturated carbocycles. The molecule has 0 amide bonds. The van der Waals surface area contributed by atoms with Gasteiger partial charge < -0.3 is 29.7 Å². The van der Waals surface area contributed by atoms with Crippen LogP contribution < -0.4 is 15.3 Å². The van der Waals surface area contributed by atoms with Crippen LogP contribution in [0.5, 0.6) is 0 Å². The number of rotatable bonds is 9. The van der Waals surface area contributed by atoms with E-state index < -0.39 is 66.6 Å². The Balaban J connectivity index is -0.000000374. The number of Topliss-reactive ketones (excluding diaryl/α,β-unsaturated/α-hetero) is 3. The van der Waals surface area contributed by atoms with Crippen molar-refractivity contribution in [1.82, 2.24) is 0 Å². The van der Waals surface area contributed by atoms with Gasteiger partial charge in [0.05, 0.1) is 34.2 Å². The van der Waals surface area contributed by atoms with Crippen molar-refractivity contribution >= 4 is 52.6 Å². The van der Waals surface area contributed by atoms with E-state index in [9.17, 15) is 44.1 Å². The molecule has 0 aromatic carbocycles. The summed E-state index contributed by atoms with van der Waals surface area (Å²) in [6, 6.07) is 0. The van der Waals surface area contributed by atoms with Crippen LogP contribution in [0.1, 0.15) is 206 Å². The predicted octanol–water partition coefficient (Wildman–Crippen LogP) is 8.08. The van der Waals surface area contributed by atoms with Crippen LogP contribution in [0.3, 0.4) is 0 Å². The summed E-state index contributed by atoms with van der Waals surface area (Å²) in [5, 5.41) is 35.7. The Morgan fingerprint density at radius 3 is 0.431 bits per heavy atom. The summed E-state index contributed by atoms with van der Waals surface area (Å²) in [7, 11) is 0. The molecule has 0 N–H and O–H groups in total. The molecule has 0 bridgehead atoms. The van der Waals surface area contributed by atoms with Crippen molar-refractivity contribution in [2.24, 2.45) is 65.0 Å². The Bertz CT molecular complexity index is 1220. The van der Waals surface area contributed by atoms with E-state index in [-0.39, 0.29) is 70.2 Å². The first-order chi connectivity index (χ1) is 24.2. The number of carboxylic acid groups (broad SMARTS) is 3. The Morgan fingerprint density at radius 2 is 0.379 bits per heavy atom. The van der Waals surface area contributed by atoms with E-state index in [1.807, 2.05) is 62.3 Å². The van der Waals surface area contributed by atoms with Gasteiger partial charge in [0.15, 0.2) is 0 Å². The first-order valence-corrected chi connectivity index (χ1v) is 20.5. The smallest absolute Gasteiger partial charge is 0.549 e. The van der Waals surface area contributed by atoms with Crippen LogP contribution in [0.15, 0.2) is 0 Å². The summed E-state index contributed by atoms with van der Waals surface area (Å²) in [5.74, 6) is -4.50. The molecule has 0 fully saturated rings. The second-order valence-corrected chi connectivity index (χ2v) is 26.1. The number of carbonyl (C=O) groups excluding carboxylic acids is 6. The largest absolute Gasteiger partial charge is 3.00 e. The van der Waals surface area contributed by atoms with Gasteiger partial charge in [-0.1, -0.05) is 187 Å². The summed E-state index contributed by atoms with van der Waals surface area (Å²) in [6.07, 6.45) is 0.695. The zero-order chi connectivity index (χ0) is 47.6. The average Bonchev–Trinajstić information content (AvgIpc) is 2.75. The predicted molar refractivity (Wildman–Crippen MR) is 232 cm³/mol. The number of carbonyl (C=O) groups is 6. The van der Waals surface area contributed by atoms with Crippen LogP contribution in [0.25, 0.3) is 0 Å². The van der Waals surface area contributed by atoms with Crippen LogP contribution in [0.2, 0.25) is 0 Å². The van der Waals surface area contributed by atoms with E-state index in [1.54, 1.807) is 125 Å². The molecular weight excluding hydrogens is 748 g/mol. The normalized spacial score (nSPS) is 14.1. The molecule has 0 aromatic rings. The molecule has 0 atom stereocenters. The van der Waals surface area contributed by atoms with Crippen LogP contribution in [0, 0.1) is 65.0 Å². The standard InChI is InChI=1S/3C16H30O3.Al/c3*1-13(2,3)10-11(17)16(12(18)19,14(4,5)6)15(7,8)9;/h3*10H2,1-9H3,(H,18,19);/q;;;+3/p-3. The van der Waals surface area contributed by atoms with Gasteiger partial charge >= 0.3 is 17.4 Å². The van der Waals surface area contributed by atoms with E-state index in [2.05, 4.69) is 0 Å². The third kappa shape index (κ3) is 14.3. The average molecular weight is 835 g/mol. The molecule has 0 aliphatic heterocycles. The van der Waals surface area contributed by atoms with Gasteiger partial charge in [0, 0.05) is 19.3 Å². The van der Waals surface area contributed by atoms with Gasteiger partial charge in [-0.15, -0.1) is 0 Å². The Labute approximate surface area is 366 Å². The Morgan fingerprint density at radius 1 is 0.276 bits per heavy atom. The summed E-state index contributed by atoms with van der Waals surface area (Å²) in [4.78, 5) is 74.1. The molecule has 0 aromatic heterocycles. The SMILES string of the molecule is CC(C)(C)CC(=O)C(C(=O)[O-])(C(C)(C)C)C(C)(C)C.CC(C)(C)CC(=O)C(C(=O)[O-])(C(C)(C)C)C(C)(C)C.CC(C)(C)CC(=O)C(C(=O)[O-])(C(C)(C)C)C(C)(C)C.[Al+3]. The minimum Gasteiger partial charge on any atom is -0.549 e. The molecule has 0 rings (SSSR count). The minimum absolute atomic E-state index is 0. The van der Waals surface area contributed by atoms with Gasteiger partial charge in [0.25, 0.3) is 0 Å². The van der Waals surface area contributed by atoms with Crippen molar-refractivity contribution in [3.05, 3.63) is 0 Å². The zero-order valence-corrected chi connectivity index (χ0v) is 43.5. The maximum absolute atomic E-state index is 12.8. The Hall–Kier alpha value is -2.05. The molecule has 0 aliphatic rings. The first kappa shape index (κ1) is 62.6. The topological polar surface area (TPSA) is 172 Å². The van der Waals surface area contributed by atoms with Crippen molar-refractivity contribution in [3.63, 3.8) is 0 Å². The fourth-order valence-electron chi connectivity index (χ4n) is 9.91. The molecule has 0 saturated heterocycles. The van der Waals surface area contributed by atoms with Gasteiger partial charge in [-0.2, -0.15) is 0 Å². The summed E-state index contributed by atoms with van der Waals surface area (Å²) in [6.45, 7) is 49.9. The summed E-state index contributed by atoms with van der Waals surface area (Å²) < 4.78 is 0. The summed E-state index contributed by atoms with van der Waals surface area (Å²) >= 11 is 0. The van der Waals surface area contributed by atoms with Crippen molar-refractivity contribution in [1.29, 1.82) is 0 Å². The fourth-order valence-corrected chi connectivity index (χ4v) is 9.91. The van der Waals surface area contributed by atoms with Crippen LogP contribution in [0.4, 0.5) is 0 Å². The molecule has 0 aliphatic carbocycles. The monoisotopic (exact) mass is 835 g/mol. The van der Waals surface area contributed by atoms with Gasteiger partial charge in [-0.3, -0.25) is 14.4 Å². The van der Waals surface area contributed by atoms with E-state index in [1.165, 1.54) is 0 Å². The molecule has 58 heavy (non-hydrogen) atoms. The maximum Gasteiger partial charge on any atom is 3.00 e. The molecule has 336 valence electrons. The van der Waals surface area contributed by atoms with Gasteiger partial charge in [0.2, 0.25) is 0 Å².